The van der Waals surface area contributed by atoms with Crippen molar-refractivity contribution in [2.24, 2.45) is 5.92 Å². The molecule has 2 heteroatoms. The third-order valence-electron chi connectivity index (χ3n) is 4.18. The van der Waals surface area contributed by atoms with Gasteiger partial charge in [0, 0.05) is 5.92 Å². The molecule has 0 bridgehead atoms. The Morgan fingerprint density at radius 2 is 1.45 bits per heavy atom. The molecule has 0 spiro atoms. The maximum absolute atomic E-state index is 11.6. The zero-order valence-corrected chi connectivity index (χ0v) is 12.4. The van der Waals surface area contributed by atoms with E-state index in [0.29, 0.717) is 0 Å². The van der Waals surface area contributed by atoms with Gasteiger partial charge in [-0.3, -0.25) is 4.79 Å². The summed E-state index contributed by atoms with van der Waals surface area (Å²) in [5.74, 6) is -1.41. The second-order valence-electron chi connectivity index (χ2n) is 5.62. The van der Waals surface area contributed by atoms with Crippen LogP contribution in [0.3, 0.4) is 0 Å². The third-order valence-corrected chi connectivity index (χ3v) is 4.18. The molecule has 0 aromatic heterocycles. The molecule has 0 saturated carbocycles. The first-order valence-corrected chi connectivity index (χ1v) is 7.43. The molecule has 2 nitrogen and oxygen atoms in total. The molecule has 0 aliphatic heterocycles. The van der Waals surface area contributed by atoms with Crippen molar-refractivity contribution in [2.75, 3.05) is 0 Å². The highest BCUT2D eigenvalue weighted by Gasteiger charge is 2.26. The largest absolute Gasteiger partial charge is 0.481 e. The number of hydrogen-bond donors (Lipinski definition) is 1. The average molecular weight is 290 g/mol. The summed E-state index contributed by atoms with van der Waals surface area (Å²) < 4.78 is 0. The van der Waals surface area contributed by atoms with Gasteiger partial charge < -0.3 is 5.11 Å². The lowest BCUT2D eigenvalue weighted by Crippen LogP contribution is -2.20. The van der Waals surface area contributed by atoms with Crippen LogP contribution in [0, 0.1) is 5.92 Å². The van der Waals surface area contributed by atoms with Gasteiger partial charge in [0.25, 0.3) is 0 Å². The summed E-state index contributed by atoms with van der Waals surface area (Å²) in [6.45, 7) is 1.77. The quantitative estimate of drug-likeness (QED) is 0.756. The Balaban J connectivity index is 2.13. The standard InChI is InChI=1S/C20H18O2/c1-14(20(21)22)19(16-8-3-2-4-9-16)18-12-11-15-7-5-6-10-17(15)13-18/h2-14,19H,1H3,(H,21,22). The first-order chi connectivity index (χ1) is 10.7. The monoisotopic (exact) mass is 290 g/mol. The van der Waals surface area contributed by atoms with Gasteiger partial charge in [-0.15, -0.1) is 0 Å². The van der Waals surface area contributed by atoms with Crippen LogP contribution in [0.4, 0.5) is 0 Å². The summed E-state index contributed by atoms with van der Waals surface area (Å²) in [4.78, 5) is 11.6. The van der Waals surface area contributed by atoms with E-state index >= 15 is 0 Å². The highest BCUT2D eigenvalue weighted by atomic mass is 16.4. The number of carboxylic acid groups (broad SMARTS) is 1. The molecular weight excluding hydrogens is 272 g/mol. The van der Waals surface area contributed by atoms with Gasteiger partial charge in [0.1, 0.15) is 0 Å². The summed E-state index contributed by atoms with van der Waals surface area (Å²) in [6.07, 6.45) is 0. The van der Waals surface area contributed by atoms with Crippen LogP contribution in [0.5, 0.6) is 0 Å². The molecule has 0 amide bonds. The molecule has 0 aliphatic rings. The number of fused-ring (bicyclic) bond motifs is 1. The van der Waals surface area contributed by atoms with Gasteiger partial charge in [-0.05, 0) is 21.9 Å². The fourth-order valence-corrected chi connectivity index (χ4v) is 2.97. The highest BCUT2D eigenvalue weighted by molar-refractivity contribution is 5.83. The predicted octanol–water partition coefficient (Wildman–Crippen LogP) is 4.69. The van der Waals surface area contributed by atoms with E-state index in [2.05, 4.69) is 24.3 Å². The highest BCUT2D eigenvalue weighted by Crippen LogP contribution is 2.33. The van der Waals surface area contributed by atoms with Crippen LogP contribution in [0.2, 0.25) is 0 Å². The molecule has 0 heterocycles. The van der Waals surface area contributed by atoms with Crippen LogP contribution in [0.25, 0.3) is 10.8 Å². The van der Waals surface area contributed by atoms with Gasteiger partial charge in [0.05, 0.1) is 5.92 Å². The normalized spacial score (nSPS) is 13.7. The summed E-state index contributed by atoms with van der Waals surface area (Å²) >= 11 is 0. The molecule has 0 aliphatic carbocycles. The number of hydrogen-bond acceptors (Lipinski definition) is 1. The van der Waals surface area contributed by atoms with Crippen LogP contribution in [-0.2, 0) is 4.79 Å². The van der Waals surface area contributed by atoms with Crippen molar-refractivity contribution in [3.63, 3.8) is 0 Å². The Morgan fingerprint density at radius 1 is 0.818 bits per heavy atom. The molecule has 3 rings (SSSR count). The number of rotatable bonds is 4. The van der Waals surface area contributed by atoms with Crippen molar-refractivity contribution >= 4 is 16.7 Å². The summed E-state index contributed by atoms with van der Waals surface area (Å²) in [5.41, 5.74) is 2.08. The topological polar surface area (TPSA) is 37.3 Å². The lowest BCUT2D eigenvalue weighted by molar-refractivity contribution is -0.141. The molecule has 3 aromatic carbocycles. The van der Waals surface area contributed by atoms with Crippen molar-refractivity contribution in [2.45, 2.75) is 12.8 Å². The summed E-state index contributed by atoms with van der Waals surface area (Å²) in [5, 5.41) is 11.8. The van der Waals surface area contributed by atoms with Crippen LogP contribution in [0.1, 0.15) is 24.0 Å². The van der Waals surface area contributed by atoms with Crippen molar-refractivity contribution < 1.29 is 9.90 Å². The molecule has 0 saturated heterocycles. The maximum Gasteiger partial charge on any atom is 0.307 e. The van der Waals surface area contributed by atoms with Crippen molar-refractivity contribution in [3.05, 3.63) is 83.9 Å². The van der Waals surface area contributed by atoms with Crippen LogP contribution < -0.4 is 0 Å². The lowest BCUT2D eigenvalue weighted by atomic mass is 9.81. The van der Waals surface area contributed by atoms with Crippen LogP contribution in [-0.4, -0.2) is 11.1 Å². The fraction of sp³-hybridized carbons (Fsp3) is 0.150. The number of carbonyl (C=O) groups is 1. The van der Waals surface area contributed by atoms with Crippen molar-refractivity contribution in [3.8, 4) is 0 Å². The second kappa shape index (κ2) is 6.02. The molecule has 22 heavy (non-hydrogen) atoms. The minimum absolute atomic E-state index is 0.150. The minimum atomic E-state index is -0.776. The van der Waals surface area contributed by atoms with Gasteiger partial charge in [0.15, 0.2) is 0 Å². The second-order valence-corrected chi connectivity index (χ2v) is 5.62. The molecular formula is C20H18O2. The Morgan fingerprint density at radius 3 is 2.14 bits per heavy atom. The van der Waals surface area contributed by atoms with Crippen LogP contribution in [0.15, 0.2) is 72.8 Å². The van der Waals surface area contributed by atoms with Gasteiger partial charge >= 0.3 is 5.97 Å². The van der Waals surface area contributed by atoms with E-state index in [1.54, 1.807) is 6.92 Å². The Bertz CT molecular complexity index is 793. The van der Waals surface area contributed by atoms with Crippen molar-refractivity contribution in [1.29, 1.82) is 0 Å². The number of carboxylic acids is 1. The number of benzene rings is 3. The molecule has 0 fully saturated rings. The van der Waals surface area contributed by atoms with E-state index < -0.39 is 11.9 Å². The van der Waals surface area contributed by atoms with Gasteiger partial charge in [0.2, 0.25) is 0 Å². The van der Waals surface area contributed by atoms with E-state index in [1.807, 2.05) is 48.5 Å². The SMILES string of the molecule is CC(C(=O)O)C(c1ccccc1)c1ccc2ccccc2c1. The van der Waals surface area contributed by atoms with E-state index in [-0.39, 0.29) is 5.92 Å². The smallest absolute Gasteiger partial charge is 0.307 e. The molecule has 0 radical (unpaired) electrons. The predicted molar refractivity (Wildman–Crippen MR) is 89.0 cm³/mol. The lowest BCUT2D eigenvalue weighted by Gasteiger charge is -2.22. The fourth-order valence-electron chi connectivity index (χ4n) is 2.97. The van der Waals surface area contributed by atoms with E-state index in [4.69, 9.17) is 0 Å². The number of aliphatic carboxylic acids is 1. The first-order valence-electron chi connectivity index (χ1n) is 7.43. The van der Waals surface area contributed by atoms with Gasteiger partial charge in [-0.1, -0.05) is 79.7 Å². The zero-order chi connectivity index (χ0) is 15.5. The van der Waals surface area contributed by atoms with E-state index in [1.165, 1.54) is 5.39 Å². The molecule has 1 N–H and O–H groups in total. The maximum atomic E-state index is 11.6. The van der Waals surface area contributed by atoms with Gasteiger partial charge in [-0.25, -0.2) is 0 Å². The first kappa shape index (κ1) is 14.3. The summed E-state index contributed by atoms with van der Waals surface area (Å²) in [7, 11) is 0. The third kappa shape index (κ3) is 2.73. The van der Waals surface area contributed by atoms with Gasteiger partial charge in [-0.2, -0.15) is 0 Å². The minimum Gasteiger partial charge on any atom is -0.481 e. The molecule has 110 valence electrons. The van der Waals surface area contributed by atoms with E-state index in [9.17, 15) is 9.90 Å². The molecule has 2 atom stereocenters. The van der Waals surface area contributed by atoms with E-state index in [0.717, 1.165) is 16.5 Å². The molecule has 2 unspecified atom stereocenters. The Labute approximate surface area is 130 Å². The zero-order valence-electron chi connectivity index (χ0n) is 12.4. The van der Waals surface area contributed by atoms with Crippen molar-refractivity contribution in [1.82, 2.24) is 0 Å². The Kier molecular flexibility index (Phi) is 3.92. The summed E-state index contributed by atoms with van der Waals surface area (Å²) in [6, 6.07) is 24.2. The average Bonchev–Trinajstić information content (AvgIpc) is 2.56. The van der Waals surface area contributed by atoms with Crippen LogP contribution >= 0.6 is 0 Å². The molecule has 3 aromatic rings. The Hall–Kier alpha value is -2.61.